The van der Waals surface area contributed by atoms with Gasteiger partial charge in [-0.25, -0.2) is 0 Å². The minimum atomic E-state index is 0.696. The smallest absolute Gasteiger partial charge is 0.119 e. The summed E-state index contributed by atoms with van der Waals surface area (Å²) in [6.07, 6.45) is 6.25. The highest BCUT2D eigenvalue weighted by atomic mass is 16.5. The third-order valence-corrected chi connectivity index (χ3v) is 3.46. The zero-order valence-electron chi connectivity index (χ0n) is 12.1. The molecule has 0 saturated carbocycles. The fourth-order valence-electron chi connectivity index (χ4n) is 2.28. The van der Waals surface area contributed by atoms with Gasteiger partial charge >= 0.3 is 0 Å². The first-order chi connectivity index (χ1) is 9.83. The van der Waals surface area contributed by atoms with Gasteiger partial charge in [0.2, 0.25) is 0 Å². The zero-order chi connectivity index (χ0) is 14.2. The van der Waals surface area contributed by atoms with Crippen LogP contribution in [-0.2, 0) is 0 Å². The number of benzene rings is 2. The first-order valence-electron chi connectivity index (χ1n) is 7.40. The van der Waals surface area contributed by atoms with E-state index in [9.17, 15) is 0 Å². The monoisotopic (exact) mass is 267 g/mol. The number of hydrogen-bond acceptors (Lipinski definition) is 2. The van der Waals surface area contributed by atoms with E-state index in [-0.39, 0.29) is 0 Å². The van der Waals surface area contributed by atoms with Gasteiger partial charge in [0, 0.05) is 0 Å². The average molecular weight is 267 g/mol. The molecule has 0 heterocycles. The Bertz CT molecular complexity index is 598. The van der Waals surface area contributed by atoms with Crippen LogP contribution in [0.2, 0.25) is 0 Å². The third kappa shape index (κ3) is 3.99. The van der Waals surface area contributed by atoms with Gasteiger partial charge < -0.3 is 4.74 Å². The van der Waals surface area contributed by atoms with Crippen LogP contribution in [0.25, 0.3) is 10.8 Å². The quantitative estimate of drug-likeness (QED) is 0.657. The van der Waals surface area contributed by atoms with E-state index in [0.29, 0.717) is 5.56 Å². The Morgan fingerprint density at radius 2 is 1.70 bits per heavy atom. The molecule has 0 radical (unpaired) electrons. The lowest BCUT2D eigenvalue weighted by molar-refractivity contribution is 0.305. The number of fused-ring (bicyclic) bond motifs is 1. The molecule has 0 aromatic heterocycles. The molecule has 0 aliphatic rings. The van der Waals surface area contributed by atoms with Crippen molar-refractivity contribution in [1.29, 1.82) is 5.26 Å². The standard InChI is InChI=1S/C18H21NO/c1-2-3-4-5-6-11-20-18-10-9-16-12-15(14-19)7-8-17(16)13-18/h7-10,12-13H,2-6,11H2,1H3. The summed E-state index contributed by atoms with van der Waals surface area (Å²) in [5, 5.41) is 11.1. The lowest BCUT2D eigenvalue weighted by Gasteiger charge is -2.07. The average Bonchev–Trinajstić information content (AvgIpc) is 2.50. The number of unbranched alkanes of at least 4 members (excludes halogenated alkanes) is 4. The minimum Gasteiger partial charge on any atom is -0.494 e. The summed E-state index contributed by atoms with van der Waals surface area (Å²) in [5.41, 5.74) is 0.696. The summed E-state index contributed by atoms with van der Waals surface area (Å²) in [7, 11) is 0. The number of nitrogens with zero attached hydrogens (tertiary/aromatic N) is 1. The molecular weight excluding hydrogens is 246 g/mol. The summed E-state index contributed by atoms with van der Waals surface area (Å²) >= 11 is 0. The Labute approximate surface area is 121 Å². The fraction of sp³-hybridized carbons (Fsp3) is 0.389. The molecule has 104 valence electrons. The van der Waals surface area contributed by atoms with Crippen LogP contribution in [0.15, 0.2) is 36.4 Å². The predicted molar refractivity (Wildman–Crippen MR) is 82.9 cm³/mol. The van der Waals surface area contributed by atoms with E-state index in [2.05, 4.69) is 13.0 Å². The van der Waals surface area contributed by atoms with Crippen molar-refractivity contribution in [2.24, 2.45) is 0 Å². The fourth-order valence-corrected chi connectivity index (χ4v) is 2.28. The molecule has 0 atom stereocenters. The Morgan fingerprint density at radius 3 is 2.50 bits per heavy atom. The second kappa shape index (κ2) is 7.55. The van der Waals surface area contributed by atoms with Crippen molar-refractivity contribution in [3.8, 4) is 11.8 Å². The molecule has 0 fully saturated rings. The maximum atomic E-state index is 8.88. The summed E-state index contributed by atoms with van der Waals surface area (Å²) in [6.45, 7) is 3.01. The zero-order valence-corrected chi connectivity index (χ0v) is 12.1. The van der Waals surface area contributed by atoms with Gasteiger partial charge in [-0.3, -0.25) is 0 Å². The topological polar surface area (TPSA) is 33.0 Å². The van der Waals surface area contributed by atoms with Crippen LogP contribution < -0.4 is 4.74 Å². The molecule has 2 rings (SSSR count). The number of nitriles is 1. The maximum Gasteiger partial charge on any atom is 0.119 e. The maximum absolute atomic E-state index is 8.88. The van der Waals surface area contributed by atoms with Gasteiger partial charge in [0.1, 0.15) is 5.75 Å². The van der Waals surface area contributed by atoms with Crippen molar-refractivity contribution in [1.82, 2.24) is 0 Å². The summed E-state index contributed by atoms with van der Waals surface area (Å²) in [4.78, 5) is 0. The molecule has 20 heavy (non-hydrogen) atoms. The van der Waals surface area contributed by atoms with Crippen LogP contribution in [0.3, 0.4) is 0 Å². The molecule has 0 aliphatic carbocycles. The van der Waals surface area contributed by atoms with Gasteiger partial charge in [0.05, 0.1) is 18.2 Å². The van der Waals surface area contributed by atoms with Gasteiger partial charge in [-0.15, -0.1) is 0 Å². The van der Waals surface area contributed by atoms with Crippen molar-refractivity contribution < 1.29 is 4.74 Å². The SMILES string of the molecule is CCCCCCCOc1ccc2cc(C#N)ccc2c1. The van der Waals surface area contributed by atoms with Gasteiger partial charge in [0.15, 0.2) is 0 Å². The summed E-state index contributed by atoms with van der Waals surface area (Å²) in [5.74, 6) is 0.915. The lowest BCUT2D eigenvalue weighted by Crippen LogP contribution is -1.97. The van der Waals surface area contributed by atoms with Crippen molar-refractivity contribution in [2.45, 2.75) is 39.0 Å². The summed E-state index contributed by atoms with van der Waals surface area (Å²) < 4.78 is 5.79. The molecule has 2 aromatic carbocycles. The van der Waals surface area contributed by atoms with E-state index in [4.69, 9.17) is 10.00 Å². The Morgan fingerprint density at radius 1 is 0.950 bits per heavy atom. The molecule has 0 aliphatic heterocycles. The lowest BCUT2D eigenvalue weighted by atomic mass is 10.1. The molecule has 0 amide bonds. The van der Waals surface area contributed by atoms with Crippen molar-refractivity contribution in [2.75, 3.05) is 6.61 Å². The van der Waals surface area contributed by atoms with Crippen LogP contribution in [0, 0.1) is 11.3 Å². The van der Waals surface area contributed by atoms with Gasteiger partial charge in [-0.05, 0) is 41.5 Å². The van der Waals surface area contributed by atoms with Crippen molar-refractivity contribution in [3.05, 3.63) is 42.0 Å². The van der Waals surface area contributed by atoms with Gasteiger partial charge in [-0.2, -0.15) is 5.26 Å². The molecule has 2 nitrogen and oxygen atoms in total. The molecule has 2 heteroatoms. The number of hydrogen-bond donors (Lipinski definition) is 0. The van der Waals surface area contributed by atoms with Gasteiger partial charge in [0.25, 0.3) is 0 Å². The molecular formula is C18H21NO. The summed E-state index contributed by atoms with van der Waals surface area (Å²) in [6, 6.07) is 13.9. The molecule has 0 saturated heterocycles. The van der Waals surface area contributed by atoms with E-state index in [1.165, 1.54) is 25.7 Å². The Hall–Kier alpha value is -2.01. The number of ether oxygens (including phenoxy) is 1. The highest BCUT2D eigenvalue weighted by molar-refractivity contribution is 5.85. The van der Waals surface area contributed by atoms with Crippen LogP contribution in [0.1, 0.15) is 44.6 Å². The normalized spacial score (nSPS) is 10.4. The van der Waals surface area contributed by atoms with Crippen molar-refractivity contribution in [3.63, 3.8) is 0 Å². The molecule has 0 bridgehead atoms. The van der Waals surface area contributed by atoms with E-state index >= 15 is 0 Å². The van der Waals surface area contributed by atoms with Crippen LogP contribution in [-0.4, -0.2) is 6.61 Å². The third-order valence-electron chi connectivity index (χ3n) is 3.46. The van der Waals surface area contributed by atoms with Crippen LogP contribution in [0.4, 0.5) is 0 Å². The first-order valence-corrected chi connectivity index (χ1v) is 7.40. The van der Waals surface area contributed by atoms with E-state index < -0.39 is 0 Å². The molecule has 0 N–H and O–H groups in total. The van der Waals surface area contributed by atoms with Crippen LogP contribution in [0.5, 0.6) is 5.75 Å². The molecule has 0 spiro atoms. The minimum absolute atomic E-state index is 0.696. The first kappa shape index (κ1) is 14.4. The number of rotatable bonds is 7. The molecule has 0 unspecified atom stereocenters. The Kier molecular flexibility index (Phi) is 5.43. The second-order valence-corrected chi connectivity index (χ2v) is 5.10. The largest absolute Gasteiger partial charge is 0.494 e. The molecule has 2 aromatic rings. The Balaban J connectivity index is 1.90. The van der Waals surface area contributed by atoms with E-state index in [1.54, 1.807) is 0 Å². The van der Waals surface area contributed by atoms with E-state index in [1.807, 2.05) is 36.4 Å². The predicted octanol–water partition coefficient (Wildman–Crippen LogP) is 5.06. The second-order valence-electron chi connectivity index (χ2n) is 5.10. The highest BCUT2D eigenvalue weighted by Crippen LogP contribution is 2.22. The van der Waals surface area contributed by atoms with Crippen LogP contribution >= 0.6 is 0 Å². The highest BCUT2D eigenvalue weighted by Gasteiger charge is 1.99. The van der Waals surface area contributed by atoms with Crippen molar-refractivity contribution >= 4 is 10.8 Å². The van der Waals surface area contributed by atoms with E-state index in [0.717, 1.165) is 29.5 Å². The van der Waals surface area contributed by atoms with Gasteiger partial charge in [-0.1, -0.05) is 44.7 Å².